The van der Waals surface area contributed by atoms with Crippen LogP contribution in [0.3, 0.4) is 0 Å². The molecule has 1 saturated carbocycles. The number of hydrogen-bond acceptors (Lipinski definition) is 3. The molecule has 2 aliphatic rings. The molecule has 1 aromatic carbocycles. The largest absolute Gasteiger partial charge is 0.341 e. The zero-order valence-electron chi connectivity index (χ0n) is 13.7. The second-order valence-corrected chi connectivity index (χ2v) is 6.85. The highest BCUT2D eigenvalue weighted by Crippen LogP contribution is 2.51. The summed E-state index contributed by atoms with van der Waals surface area (Å²) >= 11 is 0. The molecule has 1 aromatic heterocycles. The van der Waals surface area contributed by atoms with Gasteiger partial charge < -0.3 is 4.90 Å². The van der Waals surface area contributed by atoms with E-state index >= 15 is 0 Å². The number of benzene rings is 1. The van der Waals surface area contributed by atoms with E-state index in [1.807, 2.05) is 17.9 Å². The van der Waals surface area contributed by atoms with Crippen molar-refractivity contribution in [3.8, 4) is 0 Å². The summed E-state index contributed by atoms with van der Waals surface area (Å²) in [6, 6.07) is 8.53. The smallest absolute Gasteiger partial charge is 0.233 e. The number of carbonyl (C=O) groups excluding carboxylic acids is 1. The average Bonchev–Trinajstić information content (AvgIpc) is 3.23. The van der Waals surface area contributed by atoms with E-state index in [1.165, 1.54) is 6.07 Å². The molecule has 1 aliphatic heterocycles. The lowest BCUT2D eigenvalue weighted by Gasteiger charge is -2.24. The Labute approximate surface area is 140 Å². The first-order chi connectivity index (χ1) is 11.6. The van der Waals surface area contributed by atoms with E-state index in [9.17, 15) is 9.18 Å². The van der Waals surface area contributed by atoms with E-state index in [0.29, 0.717) is 18.7 Å². The van der Waals surface area contributed by atoms with E-state index < -0.39 is 5.41 Å². The lowest BCUT2D eigenvalue weighted by molar-refractivity contribution is -0.133. The Morgan fingerprint density at radius 1 is 1.29 bits per heavy atom. The molecule has 4 nitrogen and oxygen atoms in total. The Bertz CT molecular complexity index is 788. The molecule has 24 heavy (non-hydrogen) atoms. The first kappa shape index (κ1) is 15.2. The van der Waals surface area contributed by atoms with E-state index in [4.69, 9.17) is 0 Å². The molecule has 0 spiro atoms. The fourth-order valence-electron chi connectivity index (χ4n) is 3.70. The van der Waals surface area contributed by atoms with Crippen LogP contribution in [0.15, 0.2) is 36.5 Å². The summed E-state index contributed by atoms with van der Waals surface area (Å²) in [5, 5.41) is 0. The van der Waals surface area contributed by atoms with Crippen LogP contribution < -0.4 is 0 Å². The normalized spacial score (nSPS) is 21.8. The van der Waals surface area contributed by atoms with Crippen molar-refractivity contribution < 1.29 is 9.18 Å². The van der Waals surface area contributed by atoms with Crippen molar-refractivity contribution in [2.45, 2.75) is 37.5 Å². The maximum Gasteiger partial charge on any atom is 0.233 e. The van der Waals surface area contributed by atoms with E-state index in [0.717, 1.165) is 30.8 Å². The predicted octanol–water partition coefficient (Wildman–Crippen LogP) is 2.97. The van der Waals surface area contributed by atoms with Crippen LogP contribution in [0.25, 0.3) is 0 Å². The number of rotatable bonds is 3. The second-order valence-electron chi connectivity index (χ2n) is 6.85. The van der Waals surface area contributed by atoms with Crippen molar-refractivity contribution in [1.29, 1.82) is 0 Å². The average molecular weight is 325 g/mol. The molecule has 0 bridgehead atoms. The molecule has 0 N–H and O–H groups in total. The lowest BCUT2D eigenvalue weighted by Crippen LogP contribution is -2.38. The van der Waals surface area contributed by atoms with E-state index in [-0.39, 0.29) is 17.6 Å². The summed E-state index contributed by atoms with van der Waals surface area (Å²) in [4.78, 5) is 23.8. The van der Waals surface area contributed by atoms with Crippen molar-refractivity contribution in [3.05, 3.63) is 59.4 Å². The molecule has 2 aromatic rings. The Morgan fingerprint density at radius 3 is 2.79 bits per heavy atom. The van der Waals surface area contributed by atoms with Gasteiger partial charge in [-0.25, -0.2) is 14.4 Å². The Hall–Kier alpha value is -2.30. The standard InChI is InChI=1S/C19H20FN3O/c1-13-6-10-21-17(22-13)14-7-11-23(12-14)18(24)19(8-9-19)15-4-2-3-5-16(15)20/h2-6,10,14H,7-9,11-12H2,1H3/t14-/m0/s1. The van der Waals surface area contributed by atoms with Crippen LogP contribution in [-0.2, 0) is 10.2 Å². The molecule has 4 rings (SSSR count). The summed E-state index contributed by atoms with van der Waals surface area (Å²) in [6.45, 7) is 3.26. The minimum atomic E-state index is -0.645. The van der Waals surface area contributed by atoms with Gasteiger partial charge in [0.25, 0.3) is 0 Å². The number of aryl methyl sites for hydroxylation is 1. The molecule has 0 unspecified atom stereocenters. The monoisotopic (exact) mass is 325 g/mol. The van der Waals surface area contributed by atoms with Gasteiger partial charge in [0.1, 0.15) is 11.6 Å². The van der Waals surface area contributed by atoms with Crippen LogP contribution in [-0.4, -0.2) is 33.9 Å². The Morgan fingerprint density at radius 2 is 2.08 bits per heavy atom. The van der Waals surface area contributed by atoms with E-state index in [2.05, 4.69) is 9.97 Å². The Balaban J connectivity index is 1.53. The highest BCUT2D eigenvalue weighted by atomic mass is 19.1. The lowest BCUT2D eigenvalue weighted by atomic mass is 9.94. The molecule has 124 valence electrons. The van der Waals surface area contributed by atoms with Gasteiger partial charge >= 0.3 is 0 Å². The summed E-state index contributed by atoms with van der Waals surface area (Å²) in [7, 11) is 0. The first-order valence-corrected chi connectivity index (χ1v) is 8.44. The number of carbonyl (C=O) groups is 1. The first-order valence-electron chi connectivity index (χ1n) is 8.44. The summed E-state index contributed by atoms with van der Waals surface area (Å²) in [6.07, 6.45) is 4.09. The van der Waals surface area contributed by atoms with Crippen LogP contribution in [0.2, 0.25) is 0 Å². The fraction of sp³-hybridized carbons (Fsp3) is 0.421. The van der Waals surface area contributed by atoms with Gasteiger partial charge in [0.05, 0.1) is 5.41 Å². The van der Waals surface area contributed by atoms with Gasteiger partial charge in [0.15, 0.2) is 0 Å². The molecule has 2 heterocycles. The molecule has 0 radical (unpaired) electrons. The van der Waals surface area contributed by atoms with Crippen molar-refractivity contribution in [2.24, 2.45) is 0 Å². The van der Waals surface area contributed by atoms with Crippen molar-refractivity contribution in [1.82, 2.24) is 14.9 Å². The van der Waals surface area contributed by atoms with Crippen LogP contribution >= 0.6 is 0 Å². The molecular formula is C19H20FN3O. The number of amides is 1. The molecule has 5 heteroatoms. The number of hydrogen-bond donors (Lipinski definition) is 0. The fourth-order valence-corrected chi connectivity index (χ4v) is 3.70. The molecule has 1 atom stereocenters. The van der Waals surface area contributed by atoms with Crippen molar-refractivity contribution in [2.75, 3.05) is 13.1 Å². The highest BCUT2D eigenvalue weighted by molar-refractivity contribution is 5.91. The maximum atomic E-state index is 14.2. The van der Waals surface area contributed by atoms with Gasteiger partial charge in [0.2, 0.25) is 5.91 Å². The van der Waals surface area contributed by atoms with Crippen molar-refractivity contribution >= 4 is 5.91 Å². The number of likely N-dealkylation sites (tertiary alicyclic amines) is 1. The van der Waals surface area contributed by atoms with Gasteiger partial charge in [-0.2, -0.15) is 0 Å². The Kier molecular flexibility index (Phi) is 3.59. The zero-order chi connectivity index (χ0) is 16.7. The third-order valence-electron chi connectivity index (χ3n) is 5.20. The zero-order valence-corrected chi connectivity index (χ0v) is 13.7. The molecule has 1 aliphatic carbocycles. The van der Waals surface area contributed by atoms with Crippen LogP contribution in [0.5, 0.6) is 0 Å². The van der Waals surface area contributed by atoms with Crippen LogP contribution in [0.4, 0.5) is 4.39 Å². The molecule has 1 amide bonds. The second kappa shape index (κ2) is 5.65. The third kappa shape index (κ3) is 2.48. The summed E-state index contributed by atoms with van der Waals surface area (Å²) in [5.41, 5.74) is 0.841. The van der Waals surface area contributed by atoms with Gasteiger partial charge in [-0.15, -0.1) is 0 Å². The minimum Gasteiger partial charge on any atom is -0.341 e. The van der Waals surface area contributed by atoms with E-state index in [1.54, 1.807) is 24.4 Å². The summed E-state index contributed by atoms with van der Waals surface area (Å²) < 4.78 is 14.2. The number of halogens is 1. The predicted molar refractivity (Wildman–Crippen MR) is 88.0 cm³/mol. The van der Waals surface area contributed by atoms with Gasteiger partial charge in [-0.1, -0.05) is 18.2 Å². The SMILES string of the molecule is Cc1ccnc([C@H]2CCN(C(=O)C3(c4ccccc4F)CC3)C2)n1. The number of nitrogens with zero attached hydrogens (tertiary/aromatic N) is 3. The molecular weight excluding hydrogens is 305 g/mol. The summed E-state index contributed by atoms with van der Waals surface area (Å²) in [5.74, 6) is 0.759. The third-order valence-corrected chi connectivity index (χ3v) is 5.20. The molecule has 1 saturated heterocycles. The van der Waals surface area contributed by atoms with Gasteiger partial charge in [-0.3, -0.25) is 4.79 Å². The van der Waals surface area contributed by atoms with Crippen LogP contribution in [0.1, 0.15) is 42.3 Å². The van der Waals surface area contributed by atoms with Gasteiger partial charge in [-0.05, 0) is 38.3 Å². The molecule has 2 fully saturated rings. The highest BCUT2D eigenvalue weighted by Gasteiger charge is 2.55. The van der Waals surface area contributed by atoms with Gasteiger partial charge in [0, 0.05) is 36.5 Å². The minimum absolute atomic E-state index is 0.0581. The maximum absolute atomic E-state index is 14.2. The topological polar surface area (TPSA) is 46.1 Å². The van der Waals surface area contributed by atoms with Crippen LogP contribution in [0, 0.1) is 12.7 Å². The quantitative estimate of drug-likeness (QED) is 0.871. The van der Waals surface area contributed by atoms with Crippen molar-refractivity contribution in [3.63, 3.8) is 0 Å². The number of aromatic nitrogens is 2.